The van der Waals surface area contributed by atoms with Crippen molar-refractivity contribution in [2.45, 2.75) is 12.5 Å². The maximum Gasteiger partial charge on any atom is 0.288 e. The van der Waals surface area contributed by atoms with Crippen LogP contribution in [-0.4, -0.2) is 55.0 Å². The smallest absolute Gasteiger partial charge is 0.288 e. The lowest BCUT2D eigenvalue weighted by atomic mass is 10.1. The zero-order valence-electron chi connectivity index (χ0n) is 17.6. The Balaban J connectivity index is 1.93. The van der Waals surface area contributed by atoms with Gasteiger partial charge in [-0.1, -0.05) is 11.6 Å². The van der Waals surface area contributed by atoms with Crippen LogP contribution in [0, 0.1) is 10.1 Å². The summed E-state index contributed by atoms with van der Waals surface area (Å²) >= 11 is 7.33. The SMILES string of the molecule is COc1ccc(OCCNC(=O)C(CCSC)NC(=O)c2ccc(Cl)c([N+](=O)[O-])c2)cc1. The Morgan fingerprint density at radius 1 is 1.19 bits per heavy atom. The van der Waals surface area contributed by atoms with Crippen molar-refractivity contribution in [3.8, 4) is 11.5 Å². The molecular weight excluding hydrogens is 458 g/mol. The summed E-state index contributed by atoms with van der Waals surface area (Å²) < 4.78 is 10.7. The molecule has 0 fully saturated rings. The molecule has 0 radical (unpaired) electrons. The zero-order chi connectivity index (χ0) is 23.5. The van der Waals surface area contributed by atoms with E-state index in [4.69, 9.17) is 21.1 Å². The Kier molecular flexibility index (Phi) is 10.1. The van der Waals surface area contributed by atoms with E-state index >= 15 is 0 Å². The van der Waals surface area contributed by atoms with Crippen molar-refractivity contribution in [3.63, 3.8) is 0 Å². The number of nitro benzene ring substituents is 1. The van der Waals surface area contributed by atoms with Gasteiger partial charge in [0.1, 0.15) is 29.2 Å². The van der Waals surface area contributed by atoms with Crippen LogP contribution < -0.4 is 20.1 Å². The fourth-order valence-corrected chi connectivity index (χ4v) is 3.34. The number of halogens is 1. The molecular formula is C21H24ClN3O6S. The highest BCUT2D eigenvalue weighted by Gasteiger charge is 2.23. The van der Waals surface area contributed by atoms with E-state index in [1.165, 1.54) is 23.9 Å². The molecule has 0 aromatic heterocycles. The first-order chi connectivity index (χ1) is 15.3. The number of hydrogen-bond acceptors (Lipinski definition) is 7. The lowest BCUT2D eigenvalue weighted by molar-refractivity contribution is -0.384. The Bertz CT molecular complexity index is 942. The molecule has 9 nitrogen and oxygen atoms in total. The van der Waals surface area contributed by atoms with E-state index in [1.54, 1.807) is 31.4 Å². The third kappa shape index (κ3) is 7.61. The Hall–Kier alpha value is -2.98. The highest BCUT2D eigenvalue weighted by atomic mass is 35.5. The molecule has 0 spiro atoms. The summed E-state index contributed by atoms with van der Waals surface area (Å²) in [6.07, 6.45) is 2.29. The summed E-state index contributed by atoms with van der Waals surface area (Å²) in [5, 5.41) is 16.4. The van der Waals surface area contributed by atoms with Gasteiger partial charge >= 0.3 is 0 Å². The van der Waals surface area contributed by atoms with Gasteiger partial charge < -0.3 is 20.1 Å². The summed E-state index contributed by atoms with van der Waals surface area (Å²) in [5.74, 6) is 1.02. The first-order valence-corrected chi connectivity index (χ1v) is 11.4. The average molecular weight is 482 g/mol. The quantitative estimate of drug-likeness (QED) is 0.271. The van der Waals surface area contributed by atoms with Crippen LogP contribution in [-0.2, 0) is 4.79 Å². The number of nitro groups is 1. The van der Waals surface area contributed by atoms with Gasteiger partial charge in [0.2, 0.25) is 5.91 Å². The third-order valence-electron chi connectivity index (χ3n) is 4.37. The van der Waals surface area contributed by atoms with E-state index in [0.29, 0.717) is 23.7 Å². The predicted molar refractivity (Wildman–Crippen MR) is 124 cm³/mol. The van der Waals surface area contributed by atoms with Gasteiger partial charge in [-0.2, -0.15) is 11.8 Å². The molecule has 2 aromatic carbocycles. The van der Waals surface area contributed by atoms with Crippen molar-refractivity contribution >= 4 is 40.9 Å². The standard InChI is InChI=1S/C21H24ClN3O6S/c1-30-15-4-6-16(7-5-15)31-11-10-23-21(27)18(9-12-32-2)24-20(26)14-3-8-17(22)19(13-14)25(28)29/h3-8,13,18H,9-12H2,1-2H3,(H,23,27)(H,24,26). The molecule has 0 aliphatic rings. The molecule has 0 saturated heterocycles. The van der Waals surface area contributed by atoms with Gasteiger partial charge in [0, 0.05) is 11.6 Å². The number of carbonyl (C=O) groups is 2. The van der Waals surface area contributed by atoms with E-state index in [2.05, 4.69) is 10.6 Å². The van der Waals surface area contributed by atoms with Crippen molar-refractivity contribution in [3.05, 3.63) is 63.2 Å². The van der Waals surface area contributed by atoms with Crippen molar-refractivity contribution in [1.82, 2.24) is 10.6 Å². The number of nitrogens with zero attached hydrogens (tertiary/aromatic N) is 1. The first-order valence-electron chi connectivity index (χ1n) is 9.64. The zero-order valence-corrected chi connectivity index (χ0v) is 19.2. The molecule has 2 rings (SSSR count). The average Bonchev–Trinajstić information content (AvgIpc) is 2.79. The van der Waals surface area contributed by atoms with Crippen LogP contribution in [0.2, 0.25) is 5.02 Å². The lowest BCUT2D eigenvalue weighted by Crippen LogP contribution is -2.47. The van der Waals surface area contributed by atoms with Crippen LogP contribution in [0.1, 0.15) is 16.8 Å². The monoisotopic (exact) mass is 481 g/mol. The fourth-order valence-electron chi connectivity index (χ4n) is 2.68. The number of benzene rings is 2. The predicted octanol–water partition coefficient (Wildman–Crippen LogP) is 3.30. The minimum absolute atomic E-state index is 0.0471. The van der Waals surface area contributed by atoms with E-state index < -0.39 is 16.9 Å². The van der Waals surface area contributed by atoms with E-state index in [-0.39, 0.29) is 35.3 Å². The van der Waals surface area contributed by atoms with Crippen molar-refractivity contribution in [2.24, 2.45) is 0 Å². The molecule has 2 amide bonds. The molecule has 1 atom stereocenters. The van der Waals surface area contributed by atoms with Gasteiger partial charge in [-0.3, -0.25) is 19.7 Å². The lowest BCUT2D eigenvalue weighted by Gasteiger charge is -2.18. The third-order valence-corrected chi connectivity index (χ3v) is 5.33. The van der Waals surface area contributed by atoms with Crippen LogP contribution in [0.25, 0.3) is 0 Å². The normalized spacial score (nSPS) is 11.3. The molecule has 2 aromatic rings. The maximum atomic E-state index is 12.6. The van der Waals surface area contributed by atoms with E-state index in [9.17, 15) is 19.7 Å². The molecule has 0 heterocycles. The van der Waals surface area contributed by atoms with Crippen LogP contribution in [0.4, 0.5) is 5.69 Å². The number of carbonyl (C=O) groups excluding carboxylic acids is 2. The minimum Gasteiger partial charge on any atom is -0.497 e. The number of rotatable bonds is 12. The van der Waals surface area contributed by atoms with Gasteiger partial charge in [-0.15, -0.1) is 0 Å². The largest absolute Gasteiger partial charge is 0.497 e. The Morgan fingerprint density at radius 3 is 2.50 bits per heavy atom. The highest BCUT2D eigenvalue weighted by Crippen LogP contribution is 2.25. The molecule has 172 valence electrons. The van der Waals surface area contributed by atoms with Crippen molar-refractivity contribution in [1.29, 1.82) is 0 Å². The second-order valence-electron chi connectivity index (χ2n) is 6.55. The number of amides is 2. The second kappa shape index (κ2) is 12.8. The van der Waals surface area contributed by atoms with Crippen LogP contribution in [0.15, 0.2) is 42.5 Å². The van der Waals surface area contributed by atoms with E-state index in [0.717, 1.165) is 6.07 Å². The molecule has 11 heteroatoms. The van der Waals surface area contributed by atoms with Gasteiger partial charge in [-0.05, 0) is 54.8 Å². The van der Waals surface area contributed by atoms with Gasteiger partial charge in [0.15, 0.2) is 0 Å². The summed E-state index contributed by atoms with van der Waals surface area (Å²) in [5.41, 5.74) is -0.328. The molecule has 0 bridgehead atoms. The van der Waals surface area contributed by atoms with Crippen LogP contribution in [0.3, 0.4) is 0 Å². The minimum atomic E-state index is -0.800. The van der Waals surface area contributed by atoms with Crippen LogP contribution >= 0.6 is 23.4 Å². The molecule has 32 heavy (non-hydrogen) atoms. The van der Waals surface area contributed by atoms with Gasteiger partial charge in [0.25, 0.3) is 11.6 Å². The molecule has 1 unspecified atom stereocenters. The number of methoxy groups -OCH3 is 1. The summed E-state index contributed by atoms with van der Waals surface area (Å²) in [4.78, 5) is 35.6. The molecule has 0 saturated carbocycles. The van der Waals surface area contributed by atoms with Gasteiger partial charge in [0.05, 0.1) is 18.6 Å². The van der Waals surface area contributed by atoms with Crippen molar-refractivity contribution < 1.29 is 24.0 Å². The van der Waals surface area contributed by atoms with Crippen molar-refractivity contribution in [2.75, 3.05) is 32.3 Å². The topological polar surface area (TPSA) is 120 Å². The summed E-state index contributed by atoms with van der Waals surface area (Å²) in [6.45, 7) is 0.480. The maximum absolute atomic E-state index is 12.6. The number of hydrogen-bond donors (Lipinski definition) is 2. The first kappa shape index (κ1) is 25.3. The number of ether oxygens (including phenoxy) is 2. The highest BCUT2D eigenvalue weighted by molar-refractivity contribution is 7.98. The summed E-state index contributed by atoms with van der Waals surface area (Å²) in [6, 6.07) is 9.99. The Labute approximate surface area is 195 Å². The molecule has 0 aliphatic heterocycles. The van der Waals surface area contributed by atoms with Crippen LogP contribution in [0.5, 0.6) is 11.5 Å². The summed E-state index contributed by atoms with van der Waals surface area (Å²) in [7, 11) is 1.58. The Morgan fingerprint density at radius 2 is 1.88 bits per heavy atom. The second-order valence-corrected chi connectivity index (χ2v) is 7.94. The molecule has 2 N–H and O–H groups in total. The number of nitrogens with one attached hydrogen (secondary N) is 2. The fraction of sp³-hybridized carbons (Fsp3) is 0.333. The van der Waals surface area contributed by atoms with Gasteiger partial charge in [-0.25, -0.2) is 0 Å². The van der Waals surface area contributed by atoms with E-state index in [1.807, 2.05) is 6.26 Å². The molecule has 0 aliphatic carbocycles. The number of thioether (sulfide) groups is 1.